The van der Waals surface area contributed by atoms with Crippen molar-refractivity contribution >= 4 is 23.5 Å². The number of aromatic nitrogens is 2. The Morgan fingerprint density at radius 1 is 1.34 bits per heavy atom. The zero-order valence-electron chi connectivity index (χ0n) is 18.3. The van der Waals surface area contributed by atoms with Crippen LogP contribution < -0.4 is 11.1 Å². The Balaban J connectivity index is 1.83. The molecule has 0 radical (unpaired) electrons. The molecule has 0 aliphatic carbocycles. The van der Waals surface area contributed by atoms with Crippen LogP contribution in [0, 0.1) is 28.5 Å². The number of ether oxygens (including phenoxy) is 1. The molecule has 1 fully saturated rings. The van der Waals surface area contributed by atoms with Gasteiger partial charge in [0.1, 0.15) is 11.4 Å². The smallest absolute Gasteiger partial charge is 0.409 e. The van der Waals surface area contributed by atoms with Crippen LogP contribution in [0.3, 0.4) is 0 Å². The highest BCUT2D eigenvalue weighted by atomic mass is 19.1. The molecule has 1 aliphatic rings. The molecule has 1 saturated heterocycles. The molecule has 32 heavy (non-hydrogen) atoms. The molecule has 1 aliphatic heterocycles. The maximum Gasteiger partial charge on any atom is 0.409 e. The number of nitrogens with zero attached hydrogens (tertiary/aromatic N) is 4. The minimum Gasteiger partial charge on any atom is -0.449 e. The number of primary amides is 1. The van der Waals surface area contributed by atoms with Crippen LogP contribution in [0.5, 0.6) is 0 Å². The fourth-order valence-corrected chi connectivity index (χ4v) is 3.39. The second-order valence-electron chi connectivity index (χ2n) is 9.02. The van der Waals surface area contributed by atoms with Crippen molar-refractivity contribution in [1.29, 1.82) is 5.26 Å². The number of amides is 2. The fourth-order valence-electron chi connectivity index (χ4n) is 3.39. The molecule has 2 atom stereocenters. The van der Waals surface area contributed by atoms with Crippen LogP contribution in [0.4, 0.5) is 20.7 Å². The van der Waals surface area contributed by atoms with Crippen LogP contribution in [-0.2, 0) is 4.74 Å². The van der Waals surface area contributed by atoms with Gasteiger partial charge in [0, 0.05) is 25.0 Å². The number of likely N-dealkylation sites (tertiary alicyclic amines) is 1. The van der Waals surface area contributed by atoms with Gasteiger partial charge in [-0.3, -0.25) is 9.48 Å². The summed E-state index contributed by atoms with van der Waals surface area (Å²) >= 11 is 0. The van der Waals surface area contributed by atoms with E-state index >= 15 is 0 Å². The number of nitrogens with two attached hydrogens (primary N) is 1. The number of halogens is 1. The predicted molar refractivity (Wildman–Crippen MR) is 116 cm³/mol. The quantitative estimate of drug-likeness (QED) is 0.730. The number of nitriles is 1. The standard InChI is InChI=1S/C22H27FN6O3/c1-22(2,3)13-32-21(31)28-9-8-14(10-24)18(12-28)29-11-17(19(25)30)20(27-29)26-16-6-4-15(23)5-7-16/h4-7,11,14,18H,8-9,12-13H2,1-3H3,(H2,25,30)(H,26,27). The van der Waals surface area contributed by atoms with Crippen molar-refractivity contribution in [3.05, 3.63) is 41.8 Å². The summed E-state index contributed by atoms with van der Waals surface area (Å²) in [6.07, 6.45) is 1.46. The SMILES string of the molecule is CC(C)(C)COC(=O)N1CCC(C#N)C(n2cc(C(N)=O)c(Nc3ccc(F)cc3)n2)C1. The van der Waals surface area contributed by atoms with Crippen molar-refractivity contribution in [2.45, 2.75) is 33.2 Å². The second-order valence-corrected chi connectivity index (χ2v) is 9.02. The Labute approximate surface area is 185 Å². The normalized spacial score (nSPS) is 18.7. The van der Waals surface area contributed by atoms with Crippen LogP contribution in [-0.4, -0.2) is 46.4 Å². The first kappa shape index (κ1) is 23.1. The van der Waals surface area contributed by atoms with Crippen molar-refractivity contribution in [3.63, 3.8) is 0 Å². The molecule has 2 heterocycles. The van der Waals surface area contributed by atoms with Gasteiger partial charge in [-0.25, -0.2) is 9.18 Å². The van der Waals surface area contributed by atoms with E-state index in [0.717, 1.165) is 0 Å². The maximum atomic E-state index is 13.2. The van der Waals surface area contributed by atoms with Gasteiger partial charge in [0.05, 0.1) is 24.6 Å². The molecule has 2 unspecified atom stereocenters. The second kappa shape index (κ2) is 9.26. The molecule has 1 aromatic carbocycles. The summed E-state index contributed by atoms with van der Waals surface area (Å²) in [5.74, 6) is -1.32. The van der Waals surface area contributed by atoms with Crippen molar-refractivity contribution in [3.8, 4) is 6.07 Å². The third-order valence-corrected chi connectivity index (χ3v) is 5.08. The van der Waals surface area contributed by atoms with E-state index in [0.29, 0.717) is 18.7 Å². The summed E-state index contributed by atoms with van der Waals surface area (Å²) in [5.41, 5.74) is 5.99. The van der Waals surface area contributed by atoms with Crippen LogP contribution in [0.2, 0.25) is 0 Å². The minimum absolute atomic E-state index is 0.124. The minimum atomic E-state index is -0.702. The van der Waals surface area contributed by atoms with Gasteiger partial charge in [-0.15, -0.1) is 0 Å². The zero-order chi connectivity index (χ0) is 23.5. The van der Waals surface area contributed by atoms with Crippen LogP contribution in [0.15, 0.2) is 30.5 Å². The van der Waals surface area contributed by atoms with E-state index in [-0.39, 0.29) is 29.9 Å². The molecular weight excluding hydrogens is 415 g/mol. The van der Waals surface area contributed by atoms with Crippen molar-refractivity contribution in [2.24, 2.45) is 17.1 Å². The number of benzene rings is 1. The van der Waals surface area contributed by atoms with Gasteiger partial charge >= 0.3 is 6.09 Å². The third kappa shape index (κ3) is 5.55. The molecule has 0 bridgehead atoms. The van der Waals surface area contributed by atoms with Crippen LogP contribution in [0.25, 0.3) is 0 Å². The molecular formula is C22H27FN6O3. The molecule has 1 aromatic heterocycles. The van der Waals surface area contributed by atoms with E-state index in [9.17, 15) is 19.2 Å². The highest BCUT2D eigenvalue weighted by Crippen LogP contribution is 2.30. The summed E-state index contributed by atoms with van der Waals surface area (Å²) < 4.78 is 20.1. The number of hydrogen-bond donors (Lipinski definition) is 2. The van der Waals surface area contributed by atoms with Gasteiger partial charge in [-0.1, -0.05) is 20.8 Å². The molecule has 9 nitrogen and oxygen atoms in total. The Morgan fingerprint density at radius 2 is 2.03 bits per heavy atom. The fraction of sp³-hybridized carbons (Fsp3) is 0.455. The first-order chi connectivity index (χ1) is 15.1. The molecule has 10 heteroatoms. The lowest BCUT2D eigenvalue weighted by atomic mass is 9.93. The molecule has 3 rings (SSSR count). The molecule has 2 amide bonds. The van der Waals surface area contributed by atoms with Gasteiger partial charge in [-0.2, -0.15) is 10.4 Å². The molecule has 0 saturated carbocycles. The lowest BCUT2D eigenvalue weighted by Crippen LogP contribution is -2.45. The topological polar surface area (TPSA) is 126 Å². The number of carbonyl (C=O) groups excluding carboxylic acids is 2. The maximum absolute atomic E-state index is 13.2. The summed E-state index contributed by atoms with van der Waals surface area (Å²) in [4.78, 5) is 26.1. The van der Waals surface area contributed by atoms with Crippen molar-refractivity contribution in [2.75, 3.05) is 25.0 Å². The van der Waals surface area contributed by atoms with E-state index in [1.807, 2.05) is 20.8 Å². The summed E-state index contributed by atoms with van der Waals surface area (Å²) in [6, 6.07) is 7.34. The number of hydrogen-bond acceptors (Lipinski definition) is 6. The van der Waals surface area contributed by atoms with E-state index in [1.165, 1.54) is 35.1 Å². The Morgan fingerprint density at radius 3 is 2.62 bits per heavy atom. The van der Waals surface area contributed by atoms with Gasteiger partial charge in [-0.05, 0) is 36.1 Å². The van der Waals surface area contributed by atoms with E-state index in [1.54, 1.807) is 4.90 Å². The van der Waals surface area contributed by atoms with Gasteiger partial charge < -0.3 is 20.7 Å². The van der Waals surface area contributed by atoms with E-state index < -0.39 is 29.8 Å². The number of piperidine rings is 1. The van der Waals surface area contributed by atoms with E-state index in [4.69, 9.17) is 10.5 Å². The Bertz CT molecular complexity index is 1020. The molecule has 170 valence electrons. The summed E-state index contributed by atoms with van der Waals surface area (Å²) in [6.45, 7) is 6.77. The van der Waals surface area contributed by atoms with Crippen molar-refractivity contribution in [1.82, 2.24) is 14.7 Å². The van der Waals surface area contributed by atoms with Gasteiger partial charge in [0.15, 0.2) is 5.82 Å². The van der Waals surface area contributed by atoms with Gasteiger partial charge in [0.25, 0.3) is 5.91 Å². The summed E-state index contributed by atoms with van der Waals surface area (Å²) in [5, 5.41) is 17.0. The van der Waals surface area contributed by atoms with E-state index in [2.05, 4.69) is 16.5 Å². The number of nitrogens with one attached hydrogen (secondary N) is 1. The average molecular weight is 442 g/mol. The van der Waals surface area contributed by atoms with Crippen LogP contribution >= 0.6 is 0 Å². The molecule has 0 spiro atoms. The van der Waals surface area contributed by atoms with Crippen LogP contribution in [0.1, 0.15) is 43.6 Å². The molecule has 2 aromatic rings. The number of anilines is 2. The predicted octanol–water partition coefficient (Wildman–Crippen LogP) is 3.43. The number of carbonyl (C=O) groups is 2. The Hall–Kier alpha value is -3.61. The third-order valence-electron chi connectivity index (χ3n) is 5.08. The largest absolute Gasteiger partial charge is 0.449 e. The first-order valence-corrected chi connectivity index (χ1v) is 10.3. The summed E-state index contributed by atoms with van der Waals surface area (Å²) in [7, 11) is 0. The highest BCUT2D eigenvalue weighted by molar-refractivity contribution is 5.98. The highest BCUT2D eigenvalue weighted by Gasteiger charge is 2.35. The number of rotatable bonds is 5. The van der Waals surface area contributed by atoms with Gasteiger partial charge in [0.2, 0.25) is 0 Å². The Kier molecular flexibility index (Phi) is 6.67. The monoisotopic (exact) mass is 442 g/mol. The van der Waals surface area contributed by atoms with Crippen molar-refractivity contribution < 1.29 is 18.7 Å². The average Bonchev–Trinajstić information content (AvgIpc) is 3.16. The zero-order valence-corrected chi connectivity index (χ0v) is 18.3. The first-order valence-electron chi connectivity index (χ1n) is 10.3. The molecule has 3 N–H and O–H groups in total. The lowest BCUT2D eigenvalue weighted by Gasteiger charge is -2.35. The lowest BCUT2D eigenvalue weighted by molar-refractivity contribution is 0.0541.